The summed E-state index contributed by atoms with van der Waals surface area (Å²) in [5.41, 5.74) is 1.69. The molecule has 26 heavy (non-hydrogen) atoms. The van der Waals surface area contributed by atoms with E-state index in [4.69, 9.17) is 21.1 Å². The lowest BCUT2D eigenvalue weighted by atomic mass is 10.2. The van der Waals surface area contributed by atoms with E-state index in [1.807, 2.05) is 31.2 Å². The monoisotopic (exact) mass is 375 g/mol. The van der Waals surface area contributed by atoms with Crippen LogP contribution in [0.4, 0.5) is 0 Å². The zero-order chi connectivity index (χ0) is 18.8. The Kier molecular flexibility index (Phi) is 7.96. The second-order valence-electron chi connectivity index (χ2n) is 5.75. The van der Waals surface area contributed by atoms with Crippen molar-refractivity contribution in [3.05, 3.63) is 64.7 Å². The van der Waals surface area contributed by atoms with Gasteiger partial charge in [-0.05, 0) is 49.7 Å². The highest BCUT2D eigenvalue weighted by Crippen LogP contribution is 2.11. The molecule has 2 aromatic carbocycles. The van der Waals surface area contributed by atoms with E-state index in [1.54, 1.807) is 24.3 Å². The zero-order valence-corrected chi connectivity index (χ0v) is 15.4. The molecule has 0 fully saturated rings. The normalized spacial score (nSPS) is 10.2. The van der Waals surface area contributed by atoms with Crippen LogP contribution in [-0.4, -0.2) is 31.6 Å². The molecule has 0 heterocycles. The maximum absolute atomic E-state index is 11.9. The molecule has 0 bridgehead atoms. The molecule has 0 unspecified atom stereocenters. The molecule has 1 amide bonds. The predicted molar refractivity (Wildman–Crippen MR) is 101 cm³/mol. The number of hydrogen-bond donors (Lipinski definition) is 1. The molecule has 0 spiro atoms. The minimum Gasteiger partial charge on any atom is -0.490 e. The molecule has 0 aliphatic carbocycles. The van der Waals surface area contributed by atoms with E-state index in [2.05, 4.69) is 5.32 Å². The van der Waals surface area contributed by atoms with Crippen LogP contribution in [-0.2, 0) is 9.53 Å². The Morgan fingerprint density at radius 2 is 1.69 bits per heavy atom. The van der Waals surface area contributed by atoms with Crippen molar-refractivity contribution in [2.45, 2.75) is 19.8 Å². The zero-order valence-electron chi connectivity index (χ0n) is 14.7. The first-order valence-electron chi connectivity index (χ1n) is 8.43. The third-order valence-electron chi connectivity index (χ3n) is 3.59. The molecule has 0 aromatic heterocycles. The molecule has 2 rings (SSSR count). The SMILES string of the molecule is Cc1ccc(OCCOC(=O)CCCNC(=O)c2ccc(Cl)cc2)cc1. The van der Waals surface area contributed by atoms with Gasteiger partial charge in [-0.2, -0.15) is 0 Å². The Labute approximate surface area is 158 Å². The van der Waals surface area contributed by atoms with Crippen molar-refractivity contribution in [3.8, 4) is 5.75 Å². The first-order valence-corrected chi connectivity index (χ1v) is 8.81. The van der Waals surface area contributed by atoms with Crippen LogP contribution in [0.15, 0.2) is 48.5 Å². The Morgan fingerprint density at radius 1 is 1.00 bits per heavy atom. The van der Waals surface area contributed by atoms with Crippen LogP contribution in [0.1, 0.15) is 28.8 Å². The second kappa shape index (κ2) is 10.5. The second-order valence-corrected chi connectivity index (χ2v) is 6.18. The lowest BCUT2D eigenvalue weighted by Crippen LogP contribution is -2.25. The van der Waals surface area contributed by atoms with Gasteiger partial charge in [0.15, 0.2) is 0 Å². The average molecular weight is 376 g/mol. The fourth-order valence-corrected chi connectivity index (χ4v) is 2.29. The summed E-state index contributed by atoms with van der Waals surface area (Å²) in [5, 5.41) is 3.33. The van der Waals surface area contributed by atoms with Crippen molar-refractivity contribution in [3.63, 3.8) is 0 Å². The summed E-state index contributed by atoms with van der Waals surface area (Å²) >= 11 is 5.78. The summed E-state index contributed by atoms with van der Waals surface area (Å²) in [6.07, 6.45) is 0.752. The topological polar surface area (TPSA) is 64.6 Å². The maximum atomic E-state index is 11.9. The Hall–Kier alpha value is -2.53. The molecular formula is C20H22ClNO4. The minimum absolute atomic E-state index is 0.193. The van der Waals surface area contributed by atoms with Gasteiger partial charge in [0.05, 0.1) is 0 Å². The van der Waals surface area contributed by atoms with Gasteiger partial charge >= 0.3 is 5.97 Å². The molecule has 0 radical (unpaired) electrons. The van der Waals surface area contributed by atoms with Gasteiger partial charge in [0.2, 0.25) is 0 Å². The minimum atomic E-state index is -0.307. The van der Waals surface area contributed by atoms with Crippen molar-refractivity contribution >= 4 is 23.5 Å². The van der Waals surface area contributed by atoms with Crippen molar-refractivity contribution in [2.75, 3.05) is 19.8 Å². The summed E-state index contributed by atoms with van der Waals surface area (Å²) in [4.78, 5) is 23.5. The van der Waals surface area contributed by atoms with Crippen LogP contribution in [0.25, 0.3) is 0 Å². The Balaban J connectivity index is 1.54. The van der Waals surface area contributed by atoms with Crippen molar-refractivity contribution in [1.29, 1.82) is 0 Å². The van der Waals surface area contributed by atoms with Gasteiger partial charge in [0, 0.05) is 23.6 Å². The van der Waals surface area contributed by atoms with Crippen molar-refractivity contribution in [2.24, 2.45) is 0 Å². The van der Waals surface area contributed by atoms with Gasteiger partial charge in [-0.3, -0.25) is 9.59 Å². The third-order valence-corrected chi connectivity index (χ3v) is 3.84. The fourth-order valence-electron chi connectivity index (χ4n) is 2.16. The highest BCUT2D eigenvalue weighted by Gasteiger charge is 2.06. The molecule has 1 N–H and O–H groups in total. The third kappa shape index (κ3) is 7.15. The van der Waals surface area contributed by atoms with E-state index in [0.29, 0.717) is 30.2 Å². The maximum Gasteiger partial charge on any atom is 0.305 e. The lowest BCUT2D eigenvalue weighted by Gasteiger charge is -2.08. The highest BCUT2D eigenvalue weighted by molar-refractivity contribution is 6.30. The number of halogens is 1. The molecule has 138 valence electrons. The molecule has 0 saturated heterocycles. The van der Waals surface area contributed by atoms with Gasteiger partial charge in [0.25, 0.3) is 5.91 Å². The van der Waals surface area contributed by atoms with Crippen LogP contribution in [0.3, 0.4) is 0 Å². The van der Waals surface area contributed by atoms with Gasteiger partial charge in [-0.25, -0.2) is 0 Å². The van der Waals surface area contributed by atoms with Gasteiger partial charge in [-0.1, -0.05) is 29.3 Å². The molecule has 6 heteroatoms. The number of carbonyl (C=O) groups is 2. The summed E-state index contributed by atoms with van der Waals surface area (Å²) in [7, 11) is 0. The largest absolute Gasteiger partial charge is 0.490 e. The smallest absolute Gasteiger partial charge is 0.305 e. The van der Waals surface area contributed by atoms with Crippen LogP contribution in [0.2, 0.25) is 5.02 Å². The van der Waals surface area contributed by atoms with Crippen LogP contribution < -0.4 is 10.1 Å². The first kappa shape index (κ1) is 19.8. The predicted octanol–water partition coefficient (Wildman–Crippen LogP) is 3.78. The molecule has 2 aromatic rings. The van der Waals surface area contributed by atoms with E-state index in [9.17, 15) is 9.59 Å². The molecule has 5 nitrogen and oxygen atoms in total. The summed E-state index contributed by atoms with van der Waals surface area (Å²) in [6.45, 7) is 2.91. The average Bonchev–Trinajstić information content (AvgIpc) is 2.64. The molecule has 0 aliphatic rings. The van der Waals surface area contributed by atoms with Crippen LogP contribution in [0.5, 0.6) is 5.75 Å². The van der Waals surface area contributed by atoms with E-state index in [0.717, 1.165) is 11.3 Å². The van der Waals surface area contributed by atoms with E-state index in [-0.39, 0.29) is 24.9 Å². The summed E-state index contributed by atoms with van der Waals surface area (Å²) in [5.74, 6) is 0.247. The quantitative estimate of drug-likeness (QED) is 0.535. The van der Waals surface area contributed by atoms with Crippen LogP contribution in [0, 0.1) is 6.92 Å². The van der Waals surface area contributed by atoms with E-state index >= 15 is 0 Å². The number of benzene rings is 2. The number of hydrogen-bond acceptors (Lipinski definition) is 4. The van der Waals surface area contributed by atoms with Crippen molar-refractivity contribution in [1.82, 2.24) is 5.32 Å². The molecular weight excluding hydrogens is 354 g/mol. The molecule has 0 aliphatic heterocycles. The van der Waals surface area contributed by atoms with Crippen molar-refractivity contribution < 1.29 is 19.1 Å². The number of esters is 1. The Bertz CT molecular complexity index is 714. The lowest BCUT2D eigenvalue weighted by molar-refractivity contribution is -0.144. The van der Waals surface area contributed by atoms with Crippen LogP contribution >= 0.6 is 11.6 Å². The molecule has 0 saturated carbocycles. The number of nitrogens with one attached hydrogen (secondary N) is 1. The standard InChI is InChI=1S/C20H22ClNO4/c1-15-4-10-18(11-5-15)25-13-14-26-19(23)3-2-12-22-20(24)16-6-8-17(21)9-7-16/h4-11H,2-3,12-14H2,1H3,(H,22,24). The molecule has 0 atom stereocenters. The number of aryl methyl sites for hydroxylation is 1. The number of amides is 1. The van der Waals surface area contributed by atoms with E-state index in [1.165, 1.54) is 0 Å². The van der Waals surface area contributed by atoms with Gasteiger partial charge < -0.3 is 14.8 Å². The fraction of sp³-hybridized carbons (Fsp3) is 0.300. The highest BCUT2D eigenvalue weighted by atomic mass is 35.5. The number of carbonyl (C=O) groups excluding carboxylic acids is 2. The summed E-state index contributed by atoms with van der Waals surface area (Å²) < 4.78 is 10.6. The number of rotatable bonds is 9. The van der Waals surface area contributed by atoms with Gasteiger partial charge in [-0.15, -0.1) is 0 Å². The number of ether oxygens (including phenoxy) is 2. The Morgan fingerprint density at radius 3 is 2.38 bits per heavy atom. The first-order chi connectivity index (χ1) is 12.5. The summed E-state index contributed by atoms with van der Waals surface area (Å²) in [6, 6.07) is 14.3. The van der Waals surface area contributed by atoms with E-state index < -0.39 is 0 Å². The van der Waals surface area contributed by atoms with Gasteiger partial charge in [0.1, 0.15) is 19.0 Å².